The molecule has 39 heavy (non-hydrogen) atoms. The number of anilines is 1. The van der Waals surface area contributed by atoms with Crippen molar-refractivity contribution < 1.29 is 32.2 Å². The van der Waals surface area contributed by atoms with Gasteiger partial charge < -0.3 is 19.3 Å². The van der Waals surface area contributed by atoms with Crippen molar-refractivity contribution in [3.05, 3.63) is 29.3 Å². The molecular formula is C29H42F3N3O4. The number of esters is 1. The summed E-state index contributed by atoms with van der Waals surface area (Å²) in [5.41, 5.74) is 0.418. The highest BCUT2D eigenvalue weighted by Crippen LogP contribution is 2.42. The summed E-state index contributed by atoms with van der Waals surface area (Å²) in [7, 11) is 0. The fourth-order valence-corrected chi connectivity index (χ4v) is 6.09. The Hall–Kier alpha value is -2.49. The summed E-state index contributed by atoms with van der Waals surface area (Å²) in [6.45, 7) is 12.3. The standard InChI is InChI=1S/C29H42F3N3O4/c1-5-38-25(36)21-8-13-34(14-9-21)24-18-23(29(30,31)32)7-6-22(24)19-33-15-10-28(20-33)11-16-35(17-12-28)26(37)39-27(2,3)4/h6-7,18,21H,5,8-17,19-20H2,1-4H3. The number of piperidine rings is 2. The van der Waals surface area contributed by atoms with E-state index < -0.39 is 17.3 Å². The van der Waals surface area contributed by atoms with Crippen LogP contribution < -0.4 is 4.90 Å². The number of rotatable bonds is 5. The second kappa shape index (κ2) is 11.6. The number of carbonyl (C=O) groups excluding carboxylic acids is 2. The summed E-state index contributed by atoms with van der Waals surface area (Å²) >= 11 is 0. The predicted molar refractivity (Wildman–Crippen MR) is 142 cm³/mol. The van der Waals surface area contributed by atoms with E-state index in [1.54, 1.807) is 17.9 Å². The van der Waals surface area contributed by atoms with Gasteiger partial charge in [-0.2, -0.15) is 13.2 Å². The van der Waals surface area contributed by atoms with Crippen molar-refractivity contribution in [3.63, 3.8) is 0 Å². The Morgan fingerprint density at radius 2 is 1.64 bits per heavy atom. The molecule has 0 aromatic heterocycles. The van der Waals surface area contributed by atoms with Crippen molar-refractivity contribution in [2.24, 2.45) is 11.3 Å². The van der Waals surface area contributed by atoms with E-state index in [1.165, 1.54) is 12.1 Å². The van der Waals surface area contributed by atoms with Gasteiger partial charge in [0.25, 0.3) is 0 Å². The molecule has 3 aliphatic heterocycles. The van der Waals surface area contributed by atoms with Gasteiger partial charge in [0, 0.05) is 45.0 Å². The van der Waals surface area contributed by atoms with Crippen LogP contribution in [-0.2, 0) is 27.0 Å². The molecule has 1 aromatic rings. The molecule has 0 radical (unpaired) electrons. The van der Waals surface area contributed by atoms with Gasteiger partial charge in [-0.3, -0.25) is 9.69 Å². The minimum Gasteiger partial charge on any atom is -0.466 e. The average molecular weight is 554 g/mol. The van der Waals surface area contributed by atoms with Crippen LogP contribution in [-0.4, -0.2) is 73.3 Å². The highest BCUT2D eigenvalue weighted by atomic mass is 19.4. The maximum absolute atomic E-state index is 13.6. The molecule has 3 saturated heterocycles. The highest BCUT2D eigenvalue weighted by molar-refractivity contribution is 5.73. The SMILES string of the molecule is CCOC(=O)C1CCN(c2cc(C(F)(F)F)ccc2CN2CCC3(CCN(C(=O)OC(C)(C)C)CC3)C2)CC1. The summed E-state index contributed by atoms with van der Waals surface area (Å²) in [4.78, 5) is 30.8. The molecule has 10 heteroatoms. The summed E-state index contributed by atoms with van der Waals surface area (Å²) in [5.74, 6) is -0.429. The molecule has 1 aromatic carbocycles. The monoisotopic (exact) mass is 553 g/mol. The Morgan fingerprint density at radius 1 is 1.00 bits per heavy atom. The van der Waals surface area contributed by atoms with Crippen LogP contribution >= 0.6 is 0 Å². The Morgan fingerprint density at radius 3 is 2.23 bits per heavy atom. The highest BCUT2D eigenvalue weighted by Gasteiger charge is 2.42. The van der Waals surface area contributed by atoms with Gasteiger partial charge in [-0.15, -0.1) is 0 Å². The van der Waals surface area contributed by atoms with Crippen molar-refractivity contribution in [2.75, 3.05) is 50.8 Å². The number of likely N-dealkylation sites (tertiary alicyclic amines) is 2. The van der Waals surface area contributed by atoms with Crippen molar-refractivity contribution in [3.8, 4) is 0 Å². The third-order valence-corrected chi connectivity index (χ3v) is 8.26. The minimum absolute atomic E-state index is 0.114. The number of amides is 1. The topological polar surface area (TPSA) is 62.3 Å². The van der Waals surface area contributed by atoms with Gasteiger partial charge >= 0.3 is 18.2 Å². The molecule has 1 spiro atoms. The normalized spacial score (nSPS) is 20.9. The lowest BCUT2D eigenvalue weighted by atomic mass is 9.78. The lowest BCUT2D eigenvalue weighted by Crippen LogP contribution is -2.46. The molecule has 218 valence electrons. The van der Waals surface area contributed by atoms with E-state index in [-0.39, 0.29) is 23.4 Å². The van der Waals surface area contributed by atoms with Gasteiger partial charge in [-0.1, -0.05) is 6.07 Å². The van der Waals surface area contributed by atoms with E-state index in [4.69, 9.17) is 9.47 Å². The van der Waals surface area contributed by atoms with Gasteiger partial charge in [0.1, 0.15) is 5.60 Å². The molecule has 0 bridgehead atoms. The molecule has 4 rings (SSSR count). The van der Waals surface area contributed by atoms with E-state index in [9.17, 15) is 22.8 Å². The van der Waals surface area contributed by atoms with Crippen LogP contribution in [0.5, 0.6) is 0 Å². The molecule has 3 aliphatic rings. The smallest absolute Gasteiger partial charge is 0.416 e. The zero-order valence-corrected chi connectivity index (χ0v) is 23.6. The molecular weight excluding hydrogens is 511 g/mol. The van der Waals surface area contributed by atoms with Crippen LogP contribution in [0.15, 0.2) is 18.2 Å². The molecule has 0 unspecified atom stereocenters. The molecule has 3 fully saturated rings. The molecule has 3 heterocycles. The van der Waals surface area contributed by atoms with Gasteiger partial charge in [-0.25, -0.2) is 4.79 Å². The molecule has 1 amide bonds. The molecule has 0 aliphatic carbocycles. The van der Waals surface area contributed by atoms with E-state index in [0.717, 1.165) is 37.9 Å². The van der Waals surface area contributed by atoms with Crippen molar-refractivity contribution in [1.29, 1.82) is 0 Å². The van der Waals surface area contributed by atoms with Crippen molar-refractivity contribution >= 4 is 17.7 Å². The van der Waals surface area contributed by atoms with Gasteiger partial charge in [0.05, 0.1) is 18.1 Å². The number of halogens is 3. The first-order valence-electron chi connectivity index (χ1n) is 14.1. The van der Waals surface area contributed by atoms with Crippen LogP contribution in [0, 0.1) is 11.3 Å². The number of hydrogen-bond donors (Lipinski definition) is 0. The fourth-order valence-electron chi connectivity index (χ4n) is 6.09. The summed E-state index contributed by atoms with van der Waals surface area (Å²) in [6.07, 6.45) is -0.765. The van der Waals surface area contributed by atoms with Gasteiger partial charge in [0.2, 0.25) is 0 Å². The summed E-state index contributed by atoms with van der Waals surface area (Å²) in [5, 5.41) is 0. The number of benzene rings is 1. The van der Waals surface area contributed by atoms with Gasteiger partial charge in [-0.05, 0) is 89.5 Å². The Kier molecular flexibility index (Phi) is 8.73. The molecule has 0 saturated carbocycles. The van der Waals surface area contributed by atoms with Crippen LogP contribution in [0.3, 0.4) is 0 Å². The van der Waals surface area contributed by atoms with E-state index in [1.807, 2.05) is 25.7 Å². The van der Waals surface area contributed by atoms with E-state index in [2.05, 4.69) is 4.90 Å². The number of hydrogen-bond acceptors (Lipinski definition) is 6. The lowest BCUT2D eigenvalue weighted by Gasteiger charge is -2.39. The number of ether oxygens (including phenoxy) is 2. The third-order valence-electron chi connectivity index (χ3n) is 8.26. The first-order chi connectivity index (χ1) is 18.3. The van der Waals surface area contributed by atoms with Crippen molar-refractivity contribution in [1.82, 2.24) is 9.80 Å². The van der Waals surface area contributed by atoms with E-state index in [0.29, 0.717) is 57.9 Å². The van der Waals surface area contributed by atoms with Crippen LogP contribution in [0.4, 0.5) is 23.7 Å². The zero-order chi connectivity index (χ0) is 28.4. The zero-order valence-electron chi connectivity index (χ0n) is 23.6. The van der Waals surface area contributed by atoms with Gasteiger partial charge in [0.15, 0.2) is 0 Å². The Labute approximate surface area is 229 Å². The van der Waals surface area contributed by atoms with Crippen LogP contribution in [0.25, 0.3) is 0 Å². The Balaban J connectivity index is 1.41. The summed E-state index contributed by atoms with van der Waals surface area (Å²) < 4.78 is 51.5. The average Bonchev–Trinajstić information content (AvgIpc) is 3.25. The maximum Gasteiger partial charge on any atom is 0.416 e. The second-order valence-corrected chi connectivity index (χ2v) is 12.3. The largest absolute Gasteiger partial charge is 0.466 e. The molecule has 7 nitrogen and oxygen atoms in total. The Bertz CT molecular complexity index is 1020. The molecule has 0 N–H and O–H groups in total. The van der Waals surface area contributed by atoms with Crippen molar-refractivity contribution in [2.45, 2.75) is 78.1 Å². The number of carbonyl (C=O) groups is 2. The lowest BCUT2D eigenvalue weighted by molar-refractivity contribution is -0.148. The molecule has 0 atom stereocenters. The maximum atomic E-state index is 13.6. The minimum atomic E-state index is -4.42. The number of alkyl halides is 3. The van der Waals surface area contributed by atoms with E-state index >= 15 is 0 Å². The second-order valence-electron chi connectivity index (χ2n) is 12.3. The fraction of sp³-hybridized carbons (Fsp3) is 0.724. The summed E-state index contributed by atoms with van der Waals surface area (Å²) in [6, 6.07) is 4.06. The van der Waals surface area contributed by atoms with Crippen LogP contribution in [0.1, 0.15) is 70.9 Å². The third kappa shape index (κ3) is 7.38. The quantitative estimate of drug-likeness (QED) is 0.436. The first-order valence-corrected chi connectivity index (χ1v) is 14.1. The van der Waals surface area contributed by atoms with Crippen LogP contribution in [0.2, 0.25) is 0 Å². The first kappa shape index (κ1) is 29.5. The predicted octanol–water partition coefficient (Wildman–Crippen LogP) is 5.71. The number of nitrogens with zero attached hydrogens (tertiary/aromatic N) is 3.